The molecule has 1 aliphatic rings. The van der Waals surface area contributed by atoms with Gasteiger partial charge in [-0.1, -0.05) is 34.1 Å². The van der Waals surface area contributed by atoms with Crippen LogP contribution >= 0.6 is 0 Å². The van der Waals surface area contributed by atoms with Crippen molar-refractivity contribution in [2.75, 3.05) is 25.0 Å². The molecule has 1 aliphatic heterocycles. The number of nitrogens with zero attached hydrogens (tertiary/aromatic N) is 4. The third-order valence-corrected chi connectivity index (χ3v) is 6.20. The van der Waals surface area contributed by atoms with Crippen LogP contribution < -0.4 is 5.32 Å². The molecule has 0 spiro atoms. The number of nitrogens with one attached hydrogen (secondary N) is 1. The zero-order chi connectivity index (χ0) is 27.2. The second-order valence-corrected chi connectivity index (χ2v) is 11.7. The van der Waals surface area contributed by atoms with Gasteiger partial charge in [0.1, 0.15) is 28.6 Å². The van der Waals surface area contributed by atoms with Crippen molar-refractivity contribution in [3.8, 4) is 0 Å². The Bertz CT molecular complexity index is 1040. The molecule has 1 atom stereocenters. The van der Waals surface area contributed by atoms with Gasteiger partial charge in [0, 0.05) is 37.3 Å². The van der Waals surface area contributed by atoms with Crippen LogP contribution in [-0.4, -0.2) is 63.0 Å². The molecular formula is C28H43N5O4. The van der Waals surface area contributed by atoms with Gasteiger partial charge >= 0.3 is 6.09 Å². The average Bonchev–Trinajstić information content (AvgIpc) is 3.35. The quantitative estimate of drug-likeness (QED) is 0.489. The minimum Gasteiger partial charge on any atom is -0.467 e. The van der Waals surface area contributed by atoms with E-state index in [1.54, 1.807) is 17.4 Å². The third kappa shape index (κ3) is 7.94. The predicted molar refractivity (Wildman–Crippen MR) is 144 cm³/mol. The smallest absolute Gasteiger partial charge is 0.410 e. The topological polar surface area (TPSA) is 101 Å². The lowest BCUT2D eigenvalue weighted by atomic mass is 9.95. The first-order valence-corrected chi connectivity index (χ1v) is 13.3. The zero-order valence-electron chi connectivity index (χ0n) is 23.5. The summed E-state index contributed by atoms with van der Waals surface area (Å²) in [5.41, 5.74) is -0.422. The van der Waals surface area contributed by atoms with Gasteiger partial charge < -0.3 is 24.3 Å². The standard InChI is InChI=1S/C28H43N5O4/c1-8-9-15-33(20-12-10-14-32(19-20)26(35)37-28(5,6)7)24(34)22-18-30-25(27(2,3)4)31-23(22)29-17-21-13-11-16-36-21/h11,13,16,18,20H,8-10,12,14-15,17,19H2,1-7H3,(H,29,30,31). The number of anilines is 1. The molecule has 3 heterocycles. The molecular weight excluding hydrogens is 470 g/mol. The molecule has 0 aromatic carbocycles. The van der Waals surface area contributed by atoms with E-state index in [9.17, 15) is 9.59 Å². The van der Waals surface area contributed by atoms with Crippen LogP contribution in [0, 0.1) is 0 Å². The van der Waals surface area contributed by atoms with Crippen LogP contribution in [-0.2, 0) is 16.7 Å². The number of likely N-dealkylation sites (tertiary alicyclic amines) is 1. The van der Waals surface area contributed by atoms with Crippen LogP contribution in [0.2, 0.25) is 0 Å². The number of piperidine rings is 1. The second-order valence-electron chi connectivity index (χ2n) is 11.7. The lowest BCUT2D eigenvalue weighted by Gasteiger charge is -2.40. The lowest BCUT2D eigenvalue weighted by Crippen LogP contribution is -2.52. The van der Waals surface area contributed by atoms with Gasteiger partial charge in [0.25, 0.3) is 5.91 Å². The monoisotopic (exact) mass is 513 g/mol. The molecule has 1 saturated heterocycles. The number of unbranched alkanes of at least 4 members (excludes halogenated alkanes) is 1. The minimum atomic E-state index is -0.567. The third-order valence-electron chi connectivity index (χ3n) is 6.20. The highest BCUT2D eigenvalue weighted by atomic mass is 16.6. The molecule has 1 fully saturated rings. The van der Waals surface area contributed by atoms with Crippen LogP contribution in [0.5, 0.6) is 0 Å². The van der Waals surface area contributed by atoms with Gasteiger partial charge in [-0.05, 0) is 52.2 Å². The Kier molecular flexibility index (Phi) is 9.21. The summed E-state index contributed by atoms with van der Waals surface area (Å²) >= 11 is 0. The molecule has 0 saturated carbocycles. The van der Waals surface area contributed by atoms with Crippen molar-refractivity contribution in [3.05, 3.63) is 41.7 Å². The summed E-state index contributed by atoms with van der Waals surface area (Å²) in [6, 6.07) is 3.59. The van der Waals surface area contributed by atoms with E-state index < -0.39 is 5.60 Å². The largest absolute Gasteiger partial charge is 0.467 e. The van der Waals surface area contributed by atoms with Crippen molar-refractivity contribution < 1.29 is 18.7 Å². The molecule has 3 rings (SSSR count). The van der Waals surface area contributed by atoms with E-state index in [0.29, 0.717) is 43.4 Å². The fourth-order valence-electron chi connectivity index (χ4n) is 4.25. The molecule has 2 amide bonds. The second kappa shape index (κ2) is 12.0. The molecule has 204 valence electrons. The summed E-state index contributed by atoms with van der Waals surface area (Å²) < 4.78 is 11.1. The molecule has 1 N–H and O–H groups in total. The summed E-state index contributed by atoms with van der Waals surface area (Å²) in [4.78, 5) is 39.8. The predicted octanol–water partition coefficient (Wildman–Crippen LogP) is 5.62. The number of carbonyl (C=O) groups excluding carboxylic acids is 2. The van der Waals surface area contributed by atoms with E-state index in [0.717, 1.165) is 31.4 Å². The van der Waals surface area contributed by atoms with Gasteiger partial charge in [0.2, 0.25) is 0 Å². The molecule has 9 nitrogen and oxygen atoms in total. The summed E-state index contributed by atoms with van der Waals surface area (Å²) in [6.07, 6.45) is 6.37. The van der Waals surface area contributed by atoms with E-state index in [2.05, 4.69) is 17.2 Å². The molecule has 37 heavy (non-hydrogen) atoms. The Morgan fingerprint density at radius 3 is 2.62 bits per heavy atom. The summed E-state index contributed by atoms with van der Waals surface area (Å²) in [5, 5.41) is 3.30. The van der Waals surface area contributed by atoms with Crippen molar-refractivity contribution in [1.29, 1.82) is 0 Å². The van der Waals surface area contributed by atoms with E-state index in [-0.39, 0.29) is 23.5 Å². The minimum absolute atomic E-state index is 0.111. The number of rotatable bonds is 8. The van der Waals surface area contributed by atoms with Crippen molar-refractivity contribution in [3.63, 3.8) is 0 Å². The maximum absolute atomic E-state index is 14.0. The first-order chi connectivity index (χ1) is 17.4. The molecule has 9 heteroatoms. The van der Waals surface area contributed by atoms with Crippen LogP contribution in [0.4, 0.5) is 10.6 Å². The Morgan fingerprint density at radius 1 is 1.24 bits per heavy atom. The average molecular weight is 514 g/mol. The number of ether oxygens (including phenoxy) is 1. The molecule has 0 aliphatic carbocycles. The number of carbonyl (C=O) groups is 2. The highest BCUT2D eigenvalue weighted by Gasteiger charge is 2.34. The van der Waals surface area contributed by atoms with Gasteiger partial charge in [-0.15, -0.1) is 0 Å². The zero-order valence-corrected chi connectivity index (χ0v) is 23.5. The van der Waals surface area contributed by atoms with Gasteiger partial charge in [-0.2, -0.15) is 0 Å². The molecule has 0 bridgehead atoms. The number of amides is 2. The van der Waals surface area contributed by atoms with Crippen LogP contribution in [0.25, 0.3) is 0 Å². The maximum atomic E-state index is 14.0. The van der Waals surface area contributed by atoms with Crippen molar-refractivity contribution >= 4 is 17.8 Å². The normalized spacial score (nSPS) is 16.4. The van der Waals surface area contributed by atoms with Crippen molar-refractivity contribution in [2.45, 2.75) is 97.8 Å². The Labute approximate surface area is 221 Å². The molecule has 2 aromatic heterocycles. The van der Waals surface area contributed by atoms with Gasteiger partial charge in [-0.3, -0.25) is 4.79 Å². The number of hydrogen-bond acceptors (Lipinski definition) is 7. The molecule has 1 unspecified atom stereocenters. The van der Waals surface area contributed by atoms with Gasteiger partial charge in [0.15, 0.2) is 0 Å². The van der Waals surface area contributed by atoms with Gasteiger partial charge in [0.05, 0.1) is 12.8 Å². The SMILES string of the molecule is CCCCN(C(=O)c1cnc(C(C)(C)C)nc1NCc1ccco1)C1CCCN(C(=O)OC(C)(C)C)C1. The van der Waals surface area contributed by atoms with Crippen LogP contribution in [0.1, 0.15) is 96.1 Å². The molecule has 2 aromatic rings. The van der Waals surface area contributed by atoms with E-state index in [1.165, 1.54) is 0 Å². The summed E-state index contributed by atoms with van der Waals surface area (Å²) in [5.74, 6) is 1.76. The Balaban J connectivity index is 1.88. The lowest BCUT2D eigenvalue weighted by molar-refractivity contribution is 0.0102. The molecule has 0 radical (unpaired) electrons. The van der Waals surface area contributed by atoms with E-state index in [4.69, 9.17) is 14.1 Å². The van der Waals surface area contributed by atoms with Crippen molar-refractivity contribution in [1.82, 2.24) is 19.8 Å². The van der Waals surface area contributed by atoms with Gasteiger partial charge in [-0.25, -0.2) is 14.8 Å². The van der Waals surface area contributed by atoms with E-state index >= 15 is 0 Å². The fourth-order valence-corrected chi connectivity index (χ4v) is 4.25. The first kappa shape index (κ1) is 28.5. The van der Waals surface area contributed by atoms with Crippen LogP contribution in [0.15, 0.2) is 29.0 Å². The maximum Gasteiger partial charge on any atom is 0.410 e. The van der Waals surface area contributed by atoms with Crippen molar-refractivity contribution in [2.24, 2.45) is 0 Å². The highest BCUT2D eigenvalue weighted by Crippen LogP contribution is 2.26. The Morgan fingerprint density at radius 2 is 2.00 bits per heavy atom. The number of hydrogen-bond donors (Lipinski definition) is 1. The Hall–Kier alpha value is -3.10. The van der Waals surface area contributed by atoms with Crippen LogP contribution in [0.3, 0.4) is 0 Å². The number of furan rings is 1. The number of aromatic nitrogens is 2. The first-order valence-electron chi connectivity index (χ1n) is 13.3. The fraction of sp³-hybridized carbons (Fsp3) is 0.643. The summed E-state index contributed by atoms with van der Waals surface area (Å²) in [6.45, 7) is 15.9. The highest BCUT2D eigenvalue weighted by molar-refractivity contribution is 5.98. The van der Waals surface area contributed by atoms with E-state index in [1.807, 2.05) is 58.6 Å². The summed E-state index contributed by atoms with van der Waals surface area (Å²) in [7, 11) is 0.